The Kier molecular flexibility index (Phi) is 3.93. The molecule has 0 aromatic heterocycles. The molecule has 0 amide bonds. The van der Waals surface area contributed by atoms with Crippen LogP contribution < -0.4 is 0 Å². The van der Waals surface area contributed by atoms with E-state index in [1.807, 2.05) is 24.3 Å². The van der Waals surface area contributed by atoms with Crippen LogP contribution in [0.25, 0.3) is 0 Å². The summed E-state index contributed by atoms with van der Waals surface area (Å²) in [7, 11) is 0. The number of hydrogen-bond acceptors (Lipinski definition) is 0. The third kappa shape index (κ3) is 3.36. The fourth-order valence-electron chi connectivity index (χ4n) is 2.32. The summed E-state index contributed by atoms with van der Waals surface area (Å²) < 4.78 is 0. The zero-order chi connectivity index (χ0) is 13.6. The molecule has 0 heterocycles. The molecule has 0 bridgehead atoms. The van der Waals surface area contributed by atoms with Gasteiger partial charge in [0.2, 0.25) is 0 Å². The van der Waals surface area contributed by atoms with Gasteiger partial charge in [-0.25, -0.2) is 0 Å². The number of hydrogen-bond donors (Lipinski definition) is 0. The fourth-order valence-corrected chi connectivity index (χ4v) is 2.32. The second kappa shape index (κ2) is 6.21. The van der Waals surface area contributed by atoms with Gasteiger partial charge < -0.3 is 0 Å². The van der Waals surface area contributed by atoms with Crippen molar-refractivity contribution in [3.8, 4) is 0 Å². The third-order valence-corrected chi connectivity index (χ3v) is 3.41. The van der Waals surface area contributed by atoms with Crippen molar-refractivity contribution < 1.29 is 0 Å². The van der Waals surface area contributed by atoms with Crippen LogP contribution in [0.5, 0.6) is 0 Å². The van der Waals surface area contributed by atoms with Crippen LogP contribution in [0.15, 0.2) is 72.8 Å². The molecule has 0 N–H and O–H groups in total. The molecule has 0 atom stereocenters. The highest BCUT2D eigenvalue weighted by Gasteiger charge is 1.98. The van der Waals surface area contributed by atoms with Crippen molar-refractivity contribution in [1.29, 1.82) is 0 Å². The molecule has 96 valence electrons. The maximum atomic E-state index is 3.05. The van der Waals surface area contributed by atoms with Gasteiger partial charge in [-0.1, -0.05) is 72.8 Å². The quantitative estimate of drug-likeness (QED) is 0.646. The van der Waals surface area contributed by atoms with E-state index in [4.69, 9.17) is 0 Å². The van der Waals surface area contributed by atoms with Crippen LogP contribution in [0.1, 0.15) is 22.3 Å². The topological polar surface area (TPSA) is 0 Å². The normalized spacial score (nSPS) is 10.4. The molecular weight excluding hydrogens is 240 g/mol. The predicted molar refractivity (Wildman–Crippen MR) is 82.6 cm³/mol. The zero-order valence-corrected chi connectivity index (χ0v) is 11.3. The van der Waals surface area contributed by atoms with Crippen LogP contribution >= 0.6 is 0 Å². The van der Waals surface area contributed by atoms with Crippen LogP contribution in [0, 0.1) is 12.1 Å². The van der Waals surface area contributed by atoms with E-state index in [0.717, 1.165) is 12.8 Å². The lowest BCUT2D eigenvalue weighted by Crippen LogP contribution is -1.91. The van der Waals surface area contributed by atoms with Crippen LogP contribution in [0.2, 0.25) is 0 Å². The zero-order valence-electron chi connectivity index (χ0n) is 11.3. The van der Waals surface area contributed by atoms with Gasteiger partial charge in [0.25, 0.3) is 0 Å². The standard InChI is InChI=1S/C20H16/c1-3-7-17(8-4-1)15-19-11-13-20(14-12-19)16-18-9-5-2-6-10-18/h3-14H,15-16H2. The monoisotopic (exact) mass is 256 g/mol. The molecule has 20 heavy (non-hydrogen) atoms. The Bertz CT molecular complexity index is 576. The van der Waals surface area contributed by atoms with Crippen LogP contribution in [0.4, 0.5) is 0 Å². The molecule has 3 aromatic rings. The van der Waals surface area contributed by atoms with Crippen molar-refractivity contribution in [3.63, 3.8) is 0 Å². The molecule has 0 fully saturated rings. The van der Waals surface area contributed by atoms with Gasteiger partial charge in [-0.2, -0.15) is 0 Å². The van der Waals surface area contributed by atoms with Crippen molar-refractivity contribution in [3.05, 3.63) is 107 Å². The first-order valence-electron chi connectivity index (χ1n) is 6.88. The molecule has 0 saturated carbocycles. The van der Waals surface area contributed by atoms with Gasteiger partial charge in [0.15, 0.2) is 0 Å². The van der Waals surface area contributed by atoms with Gasteiger partial charge in [0.05, 0.1) is 0 Å². The highest BCUT2D eigenvalue weighted by atomic mass is 14.0. The van der Waals surface area contributed by atoms with E-state index >= 15 is 0 Å². The highest BCUT2D eigenvalue weighted by Crippen LogP contribution is 2.13. The maximum Gasteiger partial charge on any atom is -0.00258 e. The first kappa shape index (κ1) is 12.7. The minimum atomic E-state index is 0.981. The fraction of sp³-hybridized carbons (Fsp3) is 0.100. The Hall–Kier alpha value is -2.34. The van der Waals surface area contributed by atoms with Crippen molar-refractivity contribution in [2.45, 2.75) is 12.8 Å². The lowest BCUT2D eigenvalue weighted by atomic mass is 10.0. The van der Waals surface area contributed by atoms with Gasteiger partial charge in [-0.3, -0.25) is 0 Å². The molecule has 0 aliphatic rings. The van der Waals surface area contributed by atoms with Crippen LogP contribution in [0.3, 0.4) is 0 Å². The summed E-state index contributed by atoms with van der Waals surface area (Å²) in [6, 6.07) is 31.3. The van der Waals surface area contributed by atoms with E-state index in [2.05, 4.69) is 60.7 Å². The first-order valence-corrected chi connectivity index (χ1v) is 6.88. The van der Waals surface area contributed by atoms with E-state index in [9.17, 15) is 0 Å². The summed E-state index contributed by atoms with van der Waals surface area (Å²) in [4.78, 5) is 0. The Morgan fingerprint density at radius 3 is 1.10 bits per heavy atom. The summed E-state index contributed by atoms with van der Waals surface area (Å²) in [6.45, 7) is 0. The molecule has 2 radical (unpaired) electrons. The Morgan fingerprint density at radius 1 is 0.450 bits per heavy atom. The smallest absolute Gasteiger partial charge is 0.00258 e. The van der Waals surface area contributed by atoms with Crippen molar-refractivity contribution in [2.75, 3.05) is 0 Å². The lowest BCUT2D eigenvalue weighted by molar-refractivity contribution is 1.15. The Labute approximate surface area is 120 Å². The van der Waals surface area contributed by atoms with Gasteiger partial charge in [-0.05, 0) is 47.2 Å². The van der Waals surface area contributed by atoms with E-state index in [-0.39, 0.29) is 0 Å². The van der Waals surface area contributed by atoms with Gasteiger partial charge in [-0.15, -0.1) is 0 Å². The molecule has 0 nitrogen and oxygen atoms in total. The average Bonchev–Trinajstić information content (AvgIpc) is 2.51. The molecule has 3 aromatic carbocycles. The SMILES string of the molecule is [c]1ccc(Cc2ccc(Cc3cc[c]cc3)cc2)cc1. The average molecular weight is 256 g/mol. The van der Waals surface area contributed by atoms with E-state index in [0.29, 0.717) is 0 Å². The van der Waals surface area contributed by atoms with E-state index in [1.165, 1.54) is 22.3 Å². The lowest BCUT2D eigenvalue weighted by Gasteiger charge is -2.05. The number of rotatable bonds is 4. The Balaban J connectivity index is 1.69. The minimum absolute atomic E-state index is 0.981. The van der Waals surface area contributed by atoms with Crippen LogP contribution in [-0.4, -0.2) is 0 Å². The summed E-state index contributed by atoms with van der Waals surface area (Å²) in [5, 5.41) is 0. The summed E-state index contributed by atoms with van der Waals surface area (Å²) in [6.07, 6.45) is 1.96. The molecule has 0 spiro atoms. The van der Waals surface area contributed by atoms with Crippen LogP contribution in [-0.2, 0) is 12.8 Å². The van der Waals surface area contributed by atoms with Gasteiger partial charge >= 0.3 is 0 Å². The minimum Gasteiger partial charge on any atom is -0.0584 e. The number of benzene rings is 3. The second-order valence-corrected chi connectivity index (χ2v) is 4.99. The van der Waals surface area contributed by atoms with E-state index in [1.54, 1.807) is 0 Å². The third-order valence-electron chi connectivity index (χ3n) is 3.41. The molecular formula is C20H16. The molecule has 0 aliphatic heterocycles. The molecule has 0 saturated heterocycles. The molecule has 0 heteroatoms. The molecule has 0 aliphatic carbocycles. The predicted octanol–water partition coefficient (Wildman–Crippen LogP) is 4.47. The highest BCUT2D eigenvalue weighted by molar-refractivity contribution is 5.31. The summed E-state index contributed by atoms with van der Waals surface area (Å²) >= 11 is 0. The molecule has 0 unspecified atom stereocenters. The Morgan fingerprint density at radius 2 is 0.750 bits per heavy atom. The molecule has 3 rings (SSSR count). The van der Waals surface area contributed by atoms with Gasteiger partial charge in [0, 0.05) is 0 Å². The largest absolute Gasteiger partial charge is 0.0584 e. The van der Waals surface area contributed by atoms with Gasteiger partial charge in [0.1, 0.15) is 0 Å². The summed E-state index contributed by atoms with van der Waals surface area (Å²) in [5.41, 5.74) is 5.35. The maximum absolute atomic E-state index is 3.05. The van der Waals surface area contributed by atoms with Crippen molar-refractivity contribution in [2.24, 2.45) is 0 Å². The van der Waals surface area contributed by atoms with E-state index < -0.39 is 0 Å². The van der Waals surface area contributed by atoms with Crippen molar-refractivity contribution >= 4 is 0 Å². The first-order chi connectivity index (χ1) is 9.90. The summed E-state index contributed by atoms with van der Waals surface area (Å²) in [5.74, 6) is 0. The van der Waals surface area contributed by atoms with Crippen molar-refractivity contribution in [1.82, 2.24) is 0 Å². The second-order valence-electron chi connectivity index (χ2n) is 4.99.